The van der Waals surface area contributed by atoms with Crippen LogP contribution in [0, 0.1) is 6.92 Å². The Balaban J connectivity index is 2.00. The lowest BCUT2D eigenvalue weighted by molar-refractivity contribution is 0.584. The van der Waals surface area contributed by atoms with E-state index < -0.39 is 10.0 Å². The van der Waals surface area contributed by atoms with Crippen LogP contribution in [-0.4, -0.2) is 14.1 Å². The molecule has 0 bridgehead atoms. The number of aryl methyl sites for hydroxylation is 1. The van der Waals surface area contributed by atoms with Crippen molar-refractivity contribution >= 4 is 21.4 Å². The molecule has 0 aliphatic rings. The SMILES string of the molecule is Cc1ccc(S(=O)(=O)N/N=C(\c2ccccc2)c2cccc(N)c2)cc1. The summed E-state index contributed by atoms with van der Waals surface area (Å²) < 4.78 is 25.1. The maximum absolute atomic E-state index is 12.5. The first kappa shape index (κ1) is 17.7. The van der Waals surface area contributed by atoms with Gasteiger partial charge in [-0.1, -0.05) is 60.2 Å². The van der Waals surface area contributed by atoms with Crippen LogP contribution in [0.15, 0.2) is 88.9 Å². The Morgan fingerprint density at radius 3 is 2.19 bits per heavy atom. The fraction of sp³-hybridized carbons (Fsp3) is 0.0500. The Labute approximate surface area is 153 Å². The highest BCUT2D eigenvalue weighted by Gasteiger charge is 2.14. The van der Waals surface area contributed by atoms with Crippen LogP contribution in [-0.2, 0) is 10.0 Å². The normalized spacial score (nSPS) is 12.0. The van der Waals surface area contributed by atoms with Crippen molar-refractivity contribution in [1.82, 2.24) is 4.83 Å². The average Bonchev–Trinajstić information content (AvgIpc) is 2.63. The minimum Gasteiger partial charge on any atom is -0.399 e. The van der Waals surface area contributed by atoms with Gasteiger partial charge in [-0.25, -0.2) is 0 Å². The van der Waals surface area contributed by atoms with E-state index in [1.807, 2.05) is 43.3 Å². The summed E-state index contributed by atoms with van der Waals surface area (Å²) in [6, 6.07) is 23.1. The number of hydrazone groups is 1. The third kappa shape index (κ3) is 4.10. The summed E-state index contributed by atoms with van der Waals surface area (Å²) in [5.41, 5.74) is 9.43. The van der Waals surface area contributed by atoms with Crippen molar-refractivity contribution in [2.45, 2.75) is 11.8 Å². The first-order valence-corrected chi connectivity index (χ1v) is 9.51. The Morgan fingerprint density at radius 1 is 0.885 bits per heavy atom. The van der Waals surface area contributed by atoms with E-state index in [9.17, 15) is 8.42 Å². The number of hydrogen-bond acceptors (Lipinski definition) is 4. The lowest BCUT2D eigenvalue weighted by atomic mass is 10.0. The van der Waals surface area contributed by atoms with Gasteiger partial charge in [-0.15, -0.1) is 0 Å². The van der Waals surface area contributed by atoms with E-state index in [0.717, 1.165) is 16.7 Å². The molecule has 3 N–H and O–H groups in total. The Hall–Kier alpha value is -3.12. The molecule has 3 aromatic carbocycles. The topological polar surface area (TPSA) is 84.5 Å². The van der Waals surface area contributed by atoms with Crippen molar-refractivity contribution in [3.63, 3.8) is 0 Å². The minimum atomic E-state index is -3.77. The van der Waals surface area contributed by atoms with E-state index in [4.69, 9.17) is 5.73 Å². The lowest BCUT2D eigenvalue weighted by Gasteiger charge is -2.10. The molecule has 0 saturated carbocycles. The van der Waals surface area contributed by atoms with Gasteiger partial charge in [0.25, 0.3) is 10.0 Å². The van der Waals surface area contributed by atoms with Gasteiger partial charge in [-0.2, -0.15) is 18.4 Å². The molecule has 26 heavy (non-hydrogen) atoms. The molecule has 3 aromatic rings. The van der Waals surface area contributed by atoms with Crippen molar-refractivity contribution in [2.24, 2.45) is 5.10 Å². The molecule has 0 aromatic heterocycles. The zero-order chi connectivity index (χ0) is 18.6. The molecule has 0 atom stereocenters. The quantitative estimate of drug-likeness (QED) is 0.413. The average molecular weight is 365 g/mol. The molecule has 132 valence electrons. The molecule has 3 rings (SSSR count). The predicted molar refractivity (Wildman–Crippen MR) is 104 cm³/mol. The van der Waals surface area contributed by atoms with Gasteiger partial charge in [0.15, 0.2) is 0 Å². The van der Waals surface area contributed by atoms with Crippen LogP contribution >= 0.6 is 0 Å². The van der Waals surface area contributed by atoms with Crippen LogP contribution in [0.1, 0.15) is 16.7 Å². The maximum atomic E-state index is 12.5. The molecule has 0 heterocycles. The largest absolute Gasteiger partial charge is 0.399 e. The minimum absolute atomic E-state index is 0.159. The zero-order valence-electron chi connectivity index (χ0n) is 14.3. The number of nitrogens with two attached hydrogens (primary N) is 1. The number of nitrogens with zero attached hydrogens (tertiary/aromatic N) is 1. The number of hydrogen-bond donors (Lipinski definition) is 2. The molecule has 0 amide bonds. The second-order valence-electron chi connectivity index (χ2n) is 5.86. The predicted octanol–water partition coefficient (Wildman–Crippen LogP) is 3.31. The fourth-order valence-corrected chi connectivity index (χ4v) is 3.26. The molecule has 0 spiro atoms. The number of sulfonamides is 1. The van der Waals surface area contributed by atoms with Gasteiger partial charge in [-0.05, 0) is 31.2 Å². The molecule has 0 fully saturated rings. The van der Waals surface area contributed by atoms with Crippen molar-refractivity contribution in [2.75, 3.05) is 5.73 Å². The lowest BCUT2D eigenvalue weighted by Crippen LogP contribution is -2.21. The van der Waals surface area contributed by atoms with E-state index >= 15 is 0 Å². The molecule has 0 radical (unpaired) electrons. The van der Waals surface area contributed by atoms with Crippen LogP contribution in [0.4, 0.5) is 5.69 Å². The van der Waals surface area contributed by atoms with Crippen molar-refractivity contribution < 1.29 is 8.42 Å². The van der Waals surface area contributed by atoms with Gasteiger partial charge in [0.1, 0.15) is 0 Å². The van der Waals surface area contributed by atoms with Gasteiger partial charge < -0.3 is 5.73 Å². The summed E-state index contributed by atoms with van der Waals surface area (Å²) in [5.74, 6) is 0. The monoisotopic (exact) mass is 365 g/mol. The summed E-state index contributed by atoms with van der Waals surface area (Å²) in [5, 5.41) is 4.20. The number of rotatable bonds is 5. The van der Waals surface area contributed by atoms with E-state index in [-0.39, 0.29) is 4.90 Å². The molecular weight excluding hydrogens is 346 g/mol. The van der Waals surface area contributed by atoms with E-state index in [1.165, 1.54) is 0 Å². The second kappa shape index (κ2) is 7.41. The highest BCUT2D eigenvalue weighted by atomic mass is 32.2. The Morgan fingerprint density at radius 2 is 1.54 bits per heavy atom. The summed E-state index contributed by atoms with van der Waals surface area (Å²) in [4.78, 5) is 2.49. The number of benzene rings is 3. The van der Waals surface area contributed by atoms with E-state index in [0.29, 0.717) is 11.4 Å². The van der Waals surface area contributed by atoms with Crippen LogP contribution in [0.3, 0.4) is 0 Å². The molecule has 0 saturated heterocycles. The van der Waals surface area contributed by atoms with E-state index in [1.54, 1.807) is 42.5 Å². The number of anilines is 1. The highest BCUT2D eigenvalue weighted by molar-refractivity contribution is 7.89. The van der Waals surface area contributed by atoms with Gasteiger partial charge in [0.05, 0.1) is 10.6 Å². The summed E-state index contributed by atoms with van der Waals surface area (Å²) in [7, 11) is -3.77. The molecule has 6 heteroatoms. The van der Waals surface area contributed by atoms with Gasteiger partial charge in [0.2, 0.25) is 0 Å². The summed E-state index contributed by atoms with van der Waals surface area (Å²) in [6.45, 7) is 1.90. The highest BCUT2D eigenvalue weighted by Crippen LogP contribution is 2.15. The Bertz CT molecular complexity index is 1030. The molecule has 0 unspecified atom stereocenters. The molecular formula is C20H19N3O2S. The van der Waals surface area contributed by atoms with E-state index in [2.05, 4.69) is 9.93 Å². The first-order valence-electron chi connectivity index (χ1n) is 8.03. The van der Waals surface area contributed by atoms with Crippen molar-refractivity contribution in [3.05, 3.63) is 95.6 Å². The Kier molecular flexibility index (Phi) is 5.04. The summed E-state index contributed by atoms with van der Waals surface area (Å²) in [6.07, 6.45) is 0. The van der Waals surface area contributed by atoms with Gasteiger partial charge in [-0.3, -0.25) is 0 Å². The third-order valence-corrected chi connectivity index (χ3v) is 5.04. The van der Waals surface area contributed by atoms with Crippen LogP contribution in [0.2, 0.25) is 0 Å². The smallest absolute Gasteiger partial charge is 0.276 e. The molecule has 5 nitrogen and oxygen atoms in total. The first-order chi connectivity index (χ1) is 12.5. The standard InChI is InChI=1S/C20H19N3O2S/c1-15-10-12-19(13-11-15)26(24,25)23-22-20(16-6-3-2-4-7-16)17-8-5-9-18(21)14-17/h2-14,23H,21H2,1H3/b22-20+. The number of nitrogens with one attached hydrogen (secondary N) is 1. The van der Waals surface area contributed by atoms with Crippen LogP contribution in [0.5, 0.6) is 0 Å². The van der Waals surface area contributed by atoms with Crippen molar-refractivity contribution in [1.29, 1.82) is 0 Å². The third-order valence-electron chi connectivity index (χ3n) is 3.82. The van der Waals surface area contributed by atoms with Crippen LogP contribution < -0.4 is 10.6 Å². The van der Waals surface area contributed by atoms with Gasteiger partial charge in [0, 0.05) is 16.8 Å². The fourth-order valence-electron chi connectivity index (χ4n) is 2.45. The molecule has 0 aliphatic heterocycles. The maximum Gasteiger partial charge on any atom is 0.276 e. The van der Waals surface area contributed by atoms with Crippen molar-refractivity contribution in [3.8, 4) is 0 Å². The van der Waals surface area contributed by atoms with Gasteiger partial charge >= 0.3 is 0 Å². The molecule has 0 aliphatic carbocycles. The zero-order valence-corrected chi connectivity index (χ0v) is 15.1. The summed E-state index contributed by atoms with van der Waals surface area (Å²) >= 11 is 0. The second-order valence-corrected chi connectivity index (χ2v) is 7.52. The van der Waals surface area contributed by atoms with Crippen LogP contribution in [0.25, 0.3) is 0 Å². The number of nitrogen functional groups attached to an aromatic ring is 1.